The van der Waals surface area contributed by atoms with Gasteiger partial charge in [0.1, 0.15) is 5.75 Å². The van der Waals surface area contributed by atoms with E-state index in [0.717, 1.165) is 29.9 Å². The van der Waals surface area contributed by atoms with E-state index in [9.17, 15) is 0 Å². The second-order valence-electron chi connectivity index (χ2n) is 4.52. The van der Waals surface area contributed by atoms with Crippen LogP contribution in [0.3, 0.4) is 0 Å². The third-order valence-electron chi connectivity index (χ3n) is 2.85. The van der Waals surface area contributed by atoms with Gasteiger partial charge in [0, 0.05) is 11.8 Å². The molecule has 0 aliphatic rings. The van der Waals surface area contributed by atoms with Crippen LogP contribution >= 0.6 is 23.2 Å². The van der Waals surface area contributed by atoms with Gasteiger partial charge in [-0.15, -0.1) is 23.2 Å². The Morgan fingerprint density at radius 3 is 2.06 bits per heavy atom. The standard InChI is InChI=1S/C15H22Cl2O/c1-2-3-4-5-6-7-18-15-9-13(11-16)8-14(10-15)12-17/h8-10H,2-7,11-12H2,1H3. The van der Waals surface area contributed by atoms with E-state index in [-0.39, 0.29) is 0 Å². The SMILES string of the molecule is CCCCCCCOc1cc(CCl)cc(CCl)c1. The largest absolute Gasteiger partial charge is 0.494 e. The van der Waals surface area contributed by atoms with E-state index in [1.165, 1.54) is 25.7 Å². The van der Waals surface area contributed by atoms with Gasteiger partial charge in [-0.05, 0) is 29.7 Å². The van der Waals surface area contributed by atoms with Crippen molar-refractivity contribution < 1.29 is 4.74 Å². The predicted octanol–water partition coefficient (Wildman–Crippen LogP) is 5.51. The molecule has 0 radical (unpaired) electrons. The summed E-state index contributed by atoms with van der Waals surface area (Å²) in [7, 11) is 0. The Bertz CT molecular complexity index is 317. The smallest absolute Gasteiger partial charge is 0.119 e. The summed E-state index contributed by atoms with van der Waals surface area (Å²) in [6.07, 6.45) is 6.25. The predicted molar refractivity (Wildman–Crippen MR) is 79.8 cm³/mol. The Kier molecular flexibility index (Phi) is 8.28. The number of ether oxygens (including phenoxy) is 1. The van der Waals surface area contributed by atoms with Gasteiger partial charge in [0.05, 0.1) is 6.61 Å². The van der Waals surface area contributed by atoms with Gasteiger partial charge in [0.25, 0.3) is 0 Å². The molecule has 0 spiro atoms. The van der Waals surface area contributed by atoms with E-state index in [1.54, 1.807) is 0 Å². The summed E-state index contributed by atoms with van der Waals surface area (Å²) in [5, 5.41) is 0. The van der Waals surface area contributed by atoms with Crippen LogP contribution in [0.4, 0.5) is 0 Å². The third-order valence-corrected chi connectivity index (χ3v) is 3.47. The average Bonchev–Trinajstić information content (AvgIpc) is 2.42. The molecule has 0 amide bonds. The maximum absolute atomic E-state index is 5.85. The van der Waals surface area contributed by atoms with Crippen LogP contribution in [0.2, 0.25) is 0 Å². The van der Waals surface area contributed by atoms with E-state index in [2.05, 4.69) is 6.92 Å². The molecule has 0 heterocycles. The molecule has 1 nitrogen and oxygen atoms in total. The first-order valence-electron chi connectivity index (χ1n) is 6.67. The Hall–Kier alpha value is -0.400. The lowest BCUT2D eigenvalue weighted by Gasteiger charge is -2.09. The van der Waals surface area contributed by atoms with Crippen LogP contribution in [0.25, 0.3) is 0 Å². The molecule has 0 aromatic heterocycles. The molecule has 3 heteroatoms. The minimum Gasteiger partial charge on any atom is -0.494 e. The van der Waals surface area contributed by atoms with Crippen molar-refractivity contribution in [2.24, 2.45) is 0 Å². The van der Waals surface area contributed by atoms with Gasteiger partial charge in [0.15, 0.2) is 0 Å². The summed E-state index contributed by atoms with van der Waals surface area (Å²) in [6, 6.07) is 6.01. The summed E-state index contributed by atoms with van der Waals surface area (Å²) in [5.74, 6) is 1.88. The summed E-state index contributed by atoms with van der Waals surface area (Å²) in [6.45, 7) is 3.00. The lowest BCUT2D eigenvalue weighted by molar-refractivity contribution is 0.304. The van der Waals surface area contributed by atoms with E-state index < -0.39 is 0 Å². The molecular weight excluding hydrogens is 267 g/mol. The zero-order valence-corrected chi connectivity index (χ0v) is 12.6. The number of alkyl halides is 2. The van der Waals surface area contributed by atoms with Crippen LogP contribution in [0.1, 0.15) is 50.2 Å². The number of benzene rings is 1. The highest BCUT2D eigenvalue weighted by molar-refractivity contribution is 6.17. The minimum absolute atomic E-state index is 0.498. The van der Waals surface area contributed by atoms with E-state index in [1.807, 2.05) is 18.2 Å². The monoisotopic (exact) mass is 288 g/mol. The summed E-state index contributed by atoms with van der Waals surface area (Å²) >= 11 is 11.7. The fourth-order valence-corrected chi connectivity index (χ4v) is 2.17. The molecule has 0 bridgehead atoms. The fraction of sp³-hybridized carbons (Fsp3) is 0.600. The zero-order chi connectivity index (χ0) is 13.2. The molecule has 0 unspecified atom stereocenters. The number of hydrogen-bond donors (Lipinski definition) is 0. The Morgan fingerprint density at radius 2 is 1.50 bits per heavy atom. The highest BCUT2D eigenvalue weighted by atomic mass is 35.5. The van der Waals surface area contributed by atoms with Crippen LogP contribution in [0.5, 0.6) is 5.75 Å². The van der Waals surface area contributed by atoms with E-state index in [0.29, 0.717) is 11.8 Å². The quantitative estimate of drug-likeness (QED) is 0.430. The highest BCUT2D eigenvalue weighted by Crippen LogP contribution is 2.20. The van der Waals surface area contributed by atoms with Gasteiger partial charge in [-0.1, -0.05) is 38.7 Å². The maximum atomic E-state index is 5.85. The average molecular weight is 289 g/mol. The normalized spacial score (nSPS) is 10.6. The molecule has 1 rings (SSSR count). The van der Waals surface area contributed by atoms with Gasteiger partial charge in [-0.3, -0.25) is 0 Å². The van der Waals surface area contributed by atoms with Crippen molar-refractivity contribution in [3.8, 4) is 5.75 Å². The van der Waals surface area contributed by atoms with Crippen molar-refractivity contribution in [2.45, 2.75) is 50.8 Å². The molecule has 0 saturated heterocycles. The maximum Gasteiger partial charge on any atom is 0.119 e. The molecule has 1 aromatic rings. The zero-order valence-electron chi connectivity index (χ0n) is 11.1. The van der Waals surface area contributed by atoms with Crippen molar-refractivity contribution in [1.29, 1.82) is 0 Å². The first kappa shape index (κ1) is 15.7. The van der Waals surface area contributed by atoms with Crippen molar-refractivity contribution >= 4 is 23.2 Å². The Morgan fingerprint density at radius 1 is 0.889 bits per heavy atom. The first-order valence-corrected chi connectivity index (χ1v) is 7.74. The second kappa shape index (κ2) is 9.52. The van der Waals surface area contributed by atoms with Crippen molar-refractivity contribution in [3.63, 3.8) is 0 Å². The van der Waals surface area contributed by atoms with Crippen LogP contribution in [-0.4, -0.2) is 6.61 Å². The Labute approximate surface area is 120 Å². The summed E-state index contributed by atoms with van der Waals surface area (Å²) in [5.41, 5.74) is 2.13. The van der Waals surface area contributed by atoms with Gasteiger partial charge in [-0.2, -0.15) is 0 Å². The van der Waals surface area contributed by atoms with Crippen molar-refractivity contribution in [2.75, 3.05) is 6.61 Å². The molecule has 18 heavy (non-hydrogen) atoms. The molecule has 0 saturated carbocycles. The molecule has 0 aliphatic heterocycles. The number of unbranched alkanes of at least 4 members (excludes halogenated alkanes) is 4. The minimum atomic E-state index is 0.498. The number of hydrogen-bond acceptors (Lipinski definition) is 1. The molecule has 0 N–H and O–H groups in total. The van der Waals surface area contributed by atoms with E-state index in [4.69, 9.17) is 27.9 Å². The summed E-state index contributed by atoms with van der Waals surface area (Å²) < 4.78 is 5.75. The molecule has 0 fully saturated rings. The van der Waals surface area contributed by atoms with Gasteiger partial charge >= 0.3 is 0 Å². The highest BCUT2D eigenvalue weighted by Gasteiger charge is 2.01. The van der Waals surface area contributed by atoms with Gasteiger partial charge in [0.2, 0.25) is 0 Å². The lowest BCUT2D eigenvalue weighted by atomic mass is 10.1. The van der Waals surface area contributed by atoms with Gasteiger partial charge < -0.3 is 4.74 Å². The second-order valence-corrected chi connectivity index (χ2v) is 5.05. The molecule has 1 aromatic carbocycles. The van der Waals surface area contributed by atoms with Crippen LogP contribution in [-0.2, 0) is 11.8 Å². The molecule has 102 valence electrons. The van der Waals surface area contributed by atoms with E-state index >= 15 is 0 Å². The van der Waals surface area contributed by atoms with Crippen LogP contribution < -0.4 is 4.74 Å². The lowest BCUT2D eigenvalue weighted by Crippen LogP contribution is -1.98. The topological polar surface area (TPSA) is 9.23 Å². The van der Waals surface area contributed by atoms with Crippen LogP contribution in [0, 0.1) is 0 Å². The molecule has 0 atom stereocenters. The van der Waals surface area contributed by atoms with Crippen molar-refractivity contribution in [1.82, 2.24) is 0 Å². The van der Waals surface area contributed by atoms with Crippen molar-refractivity contribution in [3.05, 3.63) is 29.3 Å². The van der Waals surface area contributed by atoms with Gasteiger partial charge in [-0.25, -0.2) is 0 Å². The molecule has 0 aliphatic carbocycles. The summed E-state index contributed by atoms with van der Waals surface area (Å²) in [4.78, 5) is 0. The first-order chi connectivity index (χ1) is 8.80. The number of rotatable bonds is 9. The number of halogens is 2. The fourth-order valence-electron chi connectivity index (χ4n) is 1.86. The third kappa shape index (κ3) is 5.97. The molecular formula is C15H22Cl2O. The van der Waals surface area contributed by atoms with Crippen LogP contribution in [0.15, 0.2) is 18.2 Å². The Balaban J connectivity index is 2.36.